The molecule has 1 aromatic heterocycles. The smallest absolute Gasteiger partial charge is 0.159 e. The molecule has 0 bridgehead atoms. The van der Waals surface area contributed by atoms with Crippen LogP contribution in [0.5, 0.6) is 0 Å². The summed E-state index contributed by atoms with van der Waals surface area (Å²) in [4.78, 5) is 6.72. The summed E-state index contributed by atoms with van der Waals surface area (Å²) in [6.45, 7) is 1.99. The SMILES string of the molecule is COC(OC)C1CCN(c2cc(Br)ccn2)CC1. The topological polar surface area (TPSA) is 34.6 Å². The van der Waals surface area contributed by atoms with Gasteiger partial charge in [-0.25, -0.2) is 4.98 Å². The maximum atomic E-state index is 5.34. The van der Waals surface area contributed by atoms with Gasteiger partial charge in [-0.15, -0.1) is 0 Å². The van der Waals surface area contributed by atoms with Gasteiger partial charge in [-0.1, -0.05) is 15.9 Å². The molecule has 1 fully saturated rings. The average Bonchev–Trinajstić information content (AvgIpc) is 2.41. The minimum atomic E-state index is -0.0809. The second kappa shape index (κ2) is 6.50. The maximum absolute atomic E-state index is 5.34. The summed E-state index contributed by atoms with van der Waals surface area (Å²) in [5.74, 6) is 1.51. The summed E-state index contributed by atoms with van der Waals surface area (Å²) >= 11 is 3.48. The number of methoxy groups -OCH3 is 2. The first-order chi connectivity index (χ1) is 8.74. The third-order valence-corrected chi connectivity index (χ3v) is 3.91. The number of aromatic nitrogens is 1. The van der Waals surface area contributed by atoms with E-state index in [1.165, 1.54) is 0 Å². The van der Waals surface area contributed by atoms with Crippen LogP contribution in [-0.2, 0) is 9.47 Å². The number of rotatable bonds is 4. The molecule has 0 radical (unpaired) electrons. The lowest BCUT2D eigenvalue weighted by Gasteiger charge is -2.35. The van der Waals surface area contributed by atoms with E-state index in [2.05, 4.69) is 31.9 Å². The molecular formula is C13H19BrN2O2. The first-order valence-corrected chi connectivity index (χ1v) is 6.96. The molecule has 0 saturated carbocycles. The van der Waals surface area contributed by atoms with E-state index < -0.39 is 0 Å². The molecule has 0 atom stereocenters. The van der Waals surface area contributed by atoms with E-state index in [9.17, 15) is 0 Å². The second-order valence-electron chi connectivity index (χ2n) is 4.50. The Hall–Kier alpha value is -0.650. The second-order valence-corrected chi connectivity index (χ2v) is 5.41. The minimum absolute atomic E-state index is 0.0809. The Balaban J connectivity index is 1.94. The molecule has 0 spiro atoms. The molecule has 0 aliphatic carbocycles. The quantitative estimate of drug-likeness (QED) is 0.800. The molecule has 4 nitrogen and oxygen atoms in total. The molecule has 2 rings (SSSR count). The van der Waals surface area contributed by atoms with Gasteiger partial charge in [-0.2, -0.15) is 0 Å². The van der Waals surface area contributed by atoms with Crippen molar-refractivity contribution in [3.63, 3.8) is 0 Å². The van der Waals surface area contributed by atoms with Gasteiger partial charge in [0.25, 0.3) is 0 Å². The van der Waals surface area contributed by atoms with E-state index in [0.29, 0.717) is 5.92 Å². The van der Waals surface area contributed by atoms with Crippen LogP contribution in [0.4, 0.5) is 5.82 Å². The van der Waals surface area contributed by atoms with Crippen molar-refractivity contribution in [1.29, 1.82) is 0 Å². The summed E-state index contributed by atoms with van der Waals surface area (Å²) in [5, 5.41) is 0. The fourth-order valence-corrected chi connectivity index (χ4v) is 2.77. The number of hydrogen-bond acceptors (Lipinski definition) is 4. The molecule has 1 aliphatic heterocycles. The van der Waals surface area contributed by atoms with Crippen LogP contribution in [0.15, 0.2) is 22.8 Å². The van der Waals surface area contributed by atoms with Crippen LogP contribution in [0.3, 0.4) is 0 Å². The summed E-state index contributed by atoms with van der Waals surface area (Å²) in [6.07, 6.45) is 3.89. The Morgan fingerprint density at radius 2 is 2.00 bits per heavy atom. The largest absolute Gasteiger partial charge is 0.357 e. The zero-order valence-corrected chi connectivity index (χ0v) is 12.4. The Morgan fingerprint density at radius 1 is 1.33 bits per heavy atom. The maximum Gasteiger partial charge on any atom is 0.159 e. The molecule has 0 N–H and O–H groups in total. The molecule has 18 heavy (non-hydrogen) atoms. The molecule has 1 aliphatic rings. The Bertz CT molecular complexity index is 377. The fourth-order valence-electron chi connectivity index (χ4n) is 2.45. The highest BCUT2D eigenvalue weighted by Crippen LogP contribution is 2.26. The summed E-state index contributed by atoms with van der Waals surface area (Å²) < 4.78 is 11.7. The Labute approximate surface area is 116 Å². The van der Waals surface area contributed by atoms with Gasteiger partial charge in [0.15, 0.2) is 6.29 Å². The van der Waals surface area contributed by atoms with Gasteiger partial charge in [0.2, 0.25) is 0 Å². The molecular weight excluding hydrogens is 296 g/mol. The van der Waals surface area contributed by atoms with Gasteiger partial charge in [0.1, 0.15) is 5.82 Å². The van der Waals surface area contributed by atoms with E-state index in [-0.39, 0.29) is 6.29 Å². The zero-order chi connectivity index (χ0) is 13.0. The van der Waals surface area contributed by atoms with Gasteiger partial charge in [-0.3, -0.25) is 0 Å². The average molecular weight is 315 g/mol. The molecule has 0 unspecified atom stereocenters. The molecule has 0 amide bonds. The number of piperidine rings is 1. The number of halogens is 1. The molecule has 5 heteroatoms. The molecule has 2 heterocycles. The van der Waals surface area contributed by atoms with Crippen molar-refractivity contribution in [1.82, 2.24) is 4.98 Å². The van der Waals surface area contributed by atoms with Crippen molar-refractivity contribution in [2.75, 3.05) is 32.2 Å². The Kier molecular flexibility index (Phi) is 4.97. The lowest BCUT2D eigenvalue weighted by Crippen LogP contribution is -2.39. The van der Waals surface area contributed by atoms with E-state index >= 15 is 0 Å². The zero-order valence-electron chi connectivity index (χ0n) is 10.8. The lowest BCUT2D eigenvalue weighted by atomic mass is 9.96. The molecule has 1 aromatic rings. The van der Waals surface area contributed by atoms with E-state index in [1.54, 1.807) is 14.2 Å². The van der Waals surface area contributed by atoms with Crippen molar-refractivity contribution in [2.24, 2.45) is 5.92 Å². The van der Waals surface area contributed by atoms with Crippen LogP contribution in [0.25, 0.3) is 0 Å². The third kappa shape index (κ3) is 3.22. The first-order valence-electron chi connectivity index (χ1n) is 6.16. The van der Waals surface area contributed by atoms with Crippen LogP contribution < -0.4 is 4.90 Å². The van der Waals surface area contributed by atoms with Gasteiger partial charge in [0, 0.05) is 43.9 Å². The van der Waals surface area contributed by atoms with Crippen LogP contribution >= 0.6 is 15.9 Å². The summed E-state index contributed by atoms with van der Waals surface area (Å²) in [7, 11) is 3.41. The van der Waals surface area contributed by atoms with Gasteiger partial charge < -0.3 is 14.4 Å². The van der Waals surface area contributed by atoms with Crippen molar-refractivity contribution < 1.29 is 9.47 Å². The number of nitrogens with zero attached hydrogens (tertiary/aromatic N) is 2. The number of ether oxygens (including phenoxy) is 2. The van der Waals surface area contributed by atoms with Gasteiger partial charge >= 0.3 is 0 Å². The van der Waals surface area contributed by atoms with Crippen LogP contribution in [-0.4, -0.2) is 38.6 Å². The highest BCUT2D eigenvalue weighted by Gasteiger charge is 2.26. The first kappa shape index (κ1) is 13.8. The molecule has 100 valence electrons. The standard InChI is InChI=1S/C13H19BrN2O2/c1-17-13(18-2)10-4-7-16(8-5-10)12-9-11(14)3-6-15-12/h3,6,9-10,13H,4-5,7-8H2,1-2H3. The lowest BCUT2D eigenvalue weighted by molar-refractivity contribution is -0.141. The van der Waals surface area contributed by atoms with Gasteiger partial charge in [0.05, 0.1) is 0 Å². The monoisotopic (exact) mass is 314 g/mol. The highest BCUT2D eigenvalue weighted by atomic mass is 79.9. The third-order valence-electron chi connectivity index (χ3n) is 3.42. The summed E-state index contributed by atoms with van der Waals surface area (Å²) in [5.41, 5.74) is 0. The van der Waals surface area contributed by atoms with E-state index in [4.69, 9.17) is 9.47 Å². The fraction of sp³-hybridized carbons (Fsp3) is 0.615. The van der Waals surface area contributed by atoms with Crippen molar-refractivity contribution in [3.05, 3.63) is 22.8 Å². The number of pyridine rings is 1. The van der Waals surface area contributed by atoms with Crippen molar-refractivity contribution in [2.45, 2.75) is 19.1 Å². The van der Waals surface area contributed by atoms with Crippen molar-refractivity contribution in [3.8, 4) is 0 Å². The predicted octanol–water partition coefficient (Wildman–Crippen LogP) is 2.68. The Morgan fingerprint density at radius 3 is 2.56 bits per heavy atom. The summed E-state index contributed by atoms with van der Waals surface area (Å²) in [6, 6.07) is 4.01. The van der Waals surface area contributed by atoms with Crippen LogP contribution in [0, 0.1) is 5.92 Å². The number of anilines is 1. The highest BCUT2D eigenvalue weighted by molar-refractivity contribution is 9.10. The van der Waals surface area contributed by atoms with Gasteiger partial charge in [-0.05, 0) is 25.0 Å². The minimum Gasteiger partial charge on any atom is -0.357 e. The van der Waals surface area contributed by atoms with Crippen LogP contribution in [0.2, 0.25) is 0 Å². The van der Waals surface area contributed by atoms with Crippen LogP contribution in [0.1, 0.15) is 12.8 Å². The number of hydrogen-bond donors (Lipinski definition) is 0. The normalized spacial score (nSPS) is 17.4. The van der Waals surface area contributed by atoms with Crippen molar-refractivity contribution >= 4 is 21.7 Å². The predicted molar refractivity (Wildman–Crippen MR) is 74.7 cm³/mol. The van der Waals surface area contributed by atoms with E-state index in [0.717, 1.165) is 36.2 Å². The molecule has 1 saturated heterocycles. The molecule has 0 aromatic carbocycles. The van der Waals surface area contributed by atoms with E-state index in [1.807, 2.05) is 12.3 Å².